The molecule has 0 saturated heterocycles. The number of hydrogen-bond donors (Lipinski definition) is 1. The fourth-order valence-corrected chi connectivity index (χ4v) is 3.13. The van der Waals surface area contributed by atoms with Gasteiger partial charge >= 0.3 is 0 Å². The van der Waals surface area contributed by atoms with E-state index < -0.39 is 0 Å². The first-order chi connectivity index (χ1) is 9.34. The third kappa shape index (κ3) is 4.15. The molecule has 0 aliphatic carbocycles. The quantitative estimate of drug-likeness (QED) is 0.926. The van der Waals surface area contributed by atoms with Crippen LogP contribution in [0.3, 0.4) is 0 Å². The van der Waals surface area contributed by atoms with E-state index in [0.717, 1.165) is 12.8 Å². The Hall–Kier alpha value is -1.19. The third-order valence-electron chi connectivity index (χ3n) is 3.26. The van der Waals surface area contributed by atoms with Gasteiger partial charge in [-0.25, -0.2) is 4.98 Å². The van der Waals surface area contributed by atoms with Crippen molar-refractivity contribution >= 4 is 11.3 Å². The average molecular weight is 288 g/mol. The molecular weight excluding hydrogens is 264 g/mol. The lowest BCUT2D eigenvalue weighted by atomic mass is 9.93. The van der Waals surface area contributed by atoms with E-state index in [9.17, 15) is 0 Å². The van der Waals surface area contributed by atoms with Crippen LogP contribution < -0.4 is 5.73 Å². The summed E-state index contributed by atoms with van der Waals surface area (Å²) in [5, 5.41) is 3.37. The van der Waals surface area contributed by atoms with E-state index in [1.54, 1.807) is 11.3 Å². The Balaban J connectivity index is 2.05. The van der Waals surface area contributed by atoms with Crippen LogP contribution in [0.1, 0.15) is 49.5 Å². The summed E-state index contributed by atoms with van der Waals surface area (Å²) >= 11 is 1.75. The maximum atomic E-state index is 5.82. The predicted molar refractivity (Wildman–Crippen MR) is 87.4 cm³/mol. The Morgan fingerprint density at radius 2 is 1.75 bits per heavy atom. The molecule has 0 bridgehead atoms. The number of benzene rings is 1. The molecule has 0 spiro atoms. The van der Waals surface area contributed by atoms with E-state index in [-0.39, 0.29) is 11.5 Å². The van der Waals surface area contributed by atoms with Gasteiger partial charge in [0.25, 0.3) is 0 Å². The van der Waals surface area contributed by atoms with Crippen LogP contribution in [0.2, 0.25) is 0 Å². The van der Waals surface area contributed by atoms with Crippen molar-refractivity contribution < 1.29 is 0 Å². The Labute approximate surface area is 126 Å². The highest BCUT2D eigenvalue weighted by Crippen LogP contribution is 2.25. The van der Waals surface area contributed by atoms with Gasteiger partial charge in [-0.1, -0.05) is 45.0 Å². The molecule has 1 aromatic carbocycles. The van der Waals surface area contributed by atoms with Crippen molar-refractivity contribution in [3.63, 3.8) is 0 Å². The first-order valence-corrected chi connectivity index (χ1v) is 8.01. The van der Waals surface area contributed by atoms with Crippen molar-refractivity contribution in [1.82, 2.24) is 4.98 Å². The van der Waals surface area contributed by atoms with Gasteiger partial charge in [-0.15, -0.1) is 11.3 Å². The molecule has 0 fully saturated rings. The van der Waals surface area contributed by atoms with Crippen molar-refractivity contribution in [3.05, 3.63) is 51.5 Å². The van der Waals surface area contributed by atoms with Crippen LogP contribution in [0, 0.1) is 0 Å². The van der Waals surface area contributed by atoms with Crippen LogP contribution in [-0.4, -0.2) is 11.0 Å². The second-order valence-electron chi connectivity index (χ2n) is 6.55. The Morgan fingerprint density at radius 1 is 1.15 bits per heavy atom. The summed E-state index contributed by atoms with van der Waals surface area (Å²) in [6, 6.07) is 8.95. The molecule has 1 atom stereocenters. The van der Waals surface area contributed by atoms with Gasteiger partial charge in [0.15, 0.2) is 0 Å². The van der Waals surface area contributed by atoms with Crippen molar-refractivity contribution in [1.29, 1.82) is 0 Å². The molecule has 0 aliphatic heterocycles. The van der Waals surface area contributed by atoms with E-state index in [0.29, 0.717) is 0 Å². The Kier molecular flexibility index (Phi) is 4.61. The fraction of sp³-hybridized carbons (Fsp3) is 0.471. The Bertz CT molecular complexity index is 547. The lowest BCUT2D eigenvalue weighted by molar-refractivity contribution is 0.571. The van der Waals surface area contributed by atoms with Gasteiger partial charge in [0.1, 0.15) is 0 Å². The van der Waals surface area contributed by atoms with Gasteiger partial charge < -0.3 is 5.73 Å². The zero-order chi connectivity index (χ0) is 14.8. The smallest absolute Gasteiger partial charge is 0.0972 e. The second-order valence-corrected chi connectivity index (χ2v) is 7.49. The average Bonchev–Trinajstić information content (AvgIpc) is 2.79. The molecule has 2 rings (SSSR count). The number of nitrogens with zero attached hydrogens (tertiary/aromatic N) is 1. The summed E-state index contributed by atoms with van der Waals surface area (Å²) in [5.74, 6) is 0. The standard InChI is InChI=1S/C17H24N2S/c1-12(18)9-13-5-7-14(8-6-13)10-16-19-15(11-20-16)17(2,3)4/h5-8,11-12H,9-10,18H2,1-4H3. The zero-order valence-electron chi connectivity index (χ0n) is 12.8. The monoisotopic (exact) mass is 288 g/mol. The summed E-state index contributed by atoms with van der Waals surface area (Å²) in [6.45, 7) is 8.65. The molecule has 1 unspecified atom stereocenters. The minimum atomic E-state index is 0.135. The highest BCUT2D eigenvalue weighted by molar-refractivity contribution is 7.09. The molecule has 2 aromatic rings. The van der Waals surface area contributed by atoms with Gasteiger partial charge in [0, 0.05) is 23.3 Å². The van der Waals surface area contributed by atoms with Gasteiger partial charge in [-0.2, -0.15) is 0 Å². The van der Waals surface area contributed by atoms with Gasteiger partial charge in [0.05, 0.1) is 10.7 Å². The van der Waals surface area contributed by atoms with Gasteiger partial charge in [-0.3, -0.25) is 0 Å². The minimum absolute atomic E-state index is 0.135. The molecule has 1 heterocycles. The van der Waals surface area contributed by atoms with Crippen molar-refractivity contribution in [2.24, 2.45) is 5.73 Å². The topological polar surface area (TPSA) is 38.9 Å². The molecule has 0 amide bonds. The SMILES string of the molecule is CC(N)Cc1ccc(Cc2nc(C(C)(C)C)cs2)cc1. The number of rotatable bonds is 4. The molecule has 0 radical (unpaired) electrons. The van der Waals surface area contributed by atoms with Crippen LogP contribution in [0.25, 0.3) is 0 Å². The molecule has 20 heavy (non-hydrogen) atoms. The maximum absolute atomic E-state index is 5.82. The number of thiazole rings is 1. The van der Waals surface area contributed by atoms with E-state index in [2.05, 4.69) is 50.4 Å². The molecule has 3 heteroatoms. The van der Waals surface area contributed by atoms with Crippen LogP contribution in [-0.2, 0) is 18.3 Å². The van der Waals surface area contributed by atoms with Crippen LogP contribution >= 0.6 is 11.3 Å². The Morgan fingerprint density at radius 3 is 2.25 bits per heavy atom. The fourth-order valence-electron chi connectivity index (χ4n) is 2.08. The molecule has 108 valence electrons. The molecule has 2 nitrogen and oxygen atoms in total. The lowest BCUT2D eigenvalue weighted by Gasteiger charge is -2.14. The van der Waals surface area contributed by atoms with E-state index >= 15 is 0 Å². The minimum Gasteiger partial charge on any atom is -0.328 e. The first-order valence-electron chi connectivity index (χ1n) is 7.13. The zero-order valence-corrected chi connectivity index (χ0v) is 13.6. The molecular formula is C17H24N2S. The number of hydrogen-bond acceptors (Lipinski definition) is 3. The van der Waals surface area contributed by atoms with Crippen LogP contribution in [0.5, 0.6) is 0 Å². The second kappa shape index (κ2) is 6.06. The molecule has 0 aliphatic rings. The normalized spacial score (nSPS) is 13.4. The highest BCUT2D eigenvalue weighted by atomic mass is 32.1. The summed E-state index contributed by atoms with van der Waals surface area (Å²) in [5.41, 5.74) is 9.76. The number of aromatic nitrogens is 1. The van der Waals surface area contributed by atoms with Gasteiger partial charge in [0.2, 0.25) is 0 Å². The molecule has 1 aromatic heterocycles. The largest absolute Gasteiger partial charge is 0.328 e. The maximum Gasteiger partial charge on any atom is 0.0972 e. The summed E-state index contributed by atoms with van der Waals surface area (Å²) in [6.07, 6.45) is 1.85. The number of nitrogens with two attached hydrogens (primary N) is 1. The lowest BCUT2D eigenvalue weighted by Crippen LogP contribution is -2.17. The molecule has 2 N–H and O–H groups in total. The van der Waals surface area contributed by atoms with Crippen molar-refractivity contribution in [2.45, 2.75) is 52.0 Å². The highest BCUT2D eigenvalue weighted by Gasteiger charge is 2.17. The van der Waals surface area contributed by atoms with E-state index in [4.69, 9.17) is 10.7 Å². The summed E-state index contributed by atoms with van der Waals surface area (Å²) < 4.78 is 0. The van der Waals surface area contributed by atoms with E-state index in [1.807, 2.05) is 6.92 Å². The summed E-state index contributed by atoms with van der Waals surface area (Å²) in [4.78, 5) is 4.75. The van der Waals surface area contributed by atoms with Crippen molar-refractivity contribution in [3.8, 4) is 0 Å². The molecule has 0 saturated carbocycles. The van der Waals surface area contributed by atoms with Crippen LogP contribution in [0.15, 0.2) is 29.6 Å². The summed E-state index contributed by atoms with van der Waals surface area (Å²) in [7, 11) is 0. The predicted octanol–water partition coefficient (Wildman–Crippen LogP) is 3.92. The van der Waals surface area contributed by atoms with Gasteiger partial charge in [-0.05, 0) is 24.5 Å². The first kappa shape index (κ1) is 15.2. The van der Waals surface area contributed by atoms with E-state index in [1.165, 1.54) is 21.8 Å². The van der Waals surface area contributed by atoms with Crippen molar-refractivity contribution in [2.75, 3.05) is 0 Å². The third-order valence-corrected chi connectivity index (χ3v) is 4.10. The van der Waals surface area contributed by atoms with Crippen LogP contribution in [0.4, 0.5) is 0 Å².